The molecular formula is C17H16N2OS. The second-order valence-electron chi connectivity index (χ2n) is 4.49. The van der Waals surface area contributed by atoms with Crippen LogP contribution in [0.15, 0.2) is 65.6 Å². The van der Waals surface area contributed by atoms with Gasteiger partial charge in [0, 0.05) is 10.6 Å². The zero-order valence-electron chi connectivity index (χ0n) is 11.8. The molecule has 4 heteroatoms. The van der Waals surface area contributed by atoms with Crippen LogP contribution in [0.25, 0.3) is 0 Å². The Morgan fingerprint density at radius 2 is 1.71 bits per heavy atom. The zero-order chi connectivity index (χ0) is 15.1. The van der Waals surface area contributed by atoms with Crippen LogP contribution in [0.5, 0.6) is 0 Å². The molecule has 1 atom stereocenters. The standard InChI is InChI=1S/C17H16N2OS/c1-14(21-16-10-6-3-7-11-16)17(20)19(13-12-18)15-8-4-2-5-9-15/h2-11,14H,13H2,1H3/t14-/m1/s1. The van der Waals surface area contributed by atoms with E-state index in [0.717, 1.165) is 10.6 Å². The summed E-state index contributed by atoms with van der Waals surface area (Å²) < 4.78 is 0. The zero-order valence-corrected chi connectivity index (χ0v) is 12.6. The van der Waals surface area contributed by atoms with Crippen LogP contribution in [-0.4, -0.2) is 17.7 Å². The van der Waals surface area contributed by atoms with Crippen LogP contribution in [0.4, 0.5) is 5.69 Å². The molecule has 0 unspecified atom stereocenters. The molecule has 2 rings (SSSR count). The lowest BCUT2D eigenvalue weighted by Gasteiger charge is -2.23. The van der Waals surface area contributed by atoms with Gasteiger partial charge in [-0.3, -0.25) is 9.69 Å². The predicted molar refractivity (Wildman–Crippen MR) is 86.2 cm³/mol. The molecule has 0 saturated carbocycles. The summed E-state index contributed by atoms with van der Waals surface area (Å²) in [6, 6.07) is 21.2. The van der Waals surface area contributed by atoms with E-state index in [1.165, 1.54) is 16.7 Å². The van der Waals surface area contributed by atoms with Crippen LogP contribution >= 0.6 is 11.8 Å². The van der Waals surface area contributed by atoms with Crippen LogP contribution < -0.4 is 4.90 Å². The van der Waals surface area contributed by atoms with Crippen LogP contribution in [-0.2, 0) is 4.79 Å². The van der Waals surface area contributed by atoms with Crippen LogP contribution in [0.1, 0.15) is 6.92 Å². The molecular weight excluding hydrogens is 280 g/mol. The Kier molecular flexibility index (Phi) is 5.42. The van der Waals surface area contributed by atoms with Gasteiger partial charge in [0.05, 0.1) is 11.3 Å². The highest BCUT2D eigenvalue weighted by molar-refractivity contribution is 8.00. The lowest BCUT2D eigenvalue weighted by molar-refractivity contribution is -0.117. The van der Waals surface area contributed by atoms with Crippen molar-refractivity contribution in [2.75, 3.05) is 11.4 Å². The molecule has 0 spiro atoms. The Morgan fingerprint density at radius 3 is 2.29 bits per heavy atom. The summed E-state index contributed by atoms with van der Waals surface area (Å²) in [6.45, 7) is 1.93. The summed E-state index contributed by atoms with van der Waals surface area (Å²) in [5, 5.41) is 8.72. The van der Waals surface area contributed by atoms with E-state index in [4.69, 9.17) is 5.26 Å². The normalized spacial score (nSPS) is 11.4. The number of nitriles is 1. The number of carbonyl (C=O) groups is 1. The van der Waals surface area contributed by atoms with Crippen LogP contribution in [0, 0.1) is 11.3 Å². The molecule has 0 aliphatic rings. The van der Waals surface area contributed by atoms with Gasteiger partial charge in [-0.1, -0.05) is 36.4 Å². The van der Waals surface area contributed by atoms with E-state index < -0.39 is 0 Å². The van der Waals surface area contributed by atoms with Crippen molar-refractivity contribution in [3.05, 3.63) is 60.7 Å². The van der Waals surface area contributed by atoms with Gasteiger partial charge in [-0.15, -0.1) is 11.8 Å². The fraction of sp³-hybridized carbons (Fsp3) is 0.176. The molecule has 2 aromatic rings. The number of anilines is 1. The summed E-state index contributed by atoms with van der Waals surface area (Å²) in [7, 11) is 0. The molecule has 0 aliphatic carbocycles. The van der Waals surface area contributed by atoms with Crippen LogP contribution in [0.2, 0.25) is 0 Å². The molecule has 0 radical (unpaired) electrons. The number of nitrogens with zero attached hydrogens (tertiary/aromatic N) is 2. The first-order valence-corrected chi connectivity index (χ1v) is 7.55. The SMILES string of the molecule is C[C@@H](Sc1ccccc1)C(=O)N(CC#N)c1ccccc1. The average Bonchev–Trinajstić information content (AvgIpc) is 2.53. The van der Waals surface area contributed by atoms with Gasteiger partial charge in [0.2, 0.25) is 5.91 Å². The average molecular weight is 296 g/mol. The highest BCUT2D eigenvalue weighted by Crippen LogP contribution is 2.25. The molecule has 2 aromatic carbocycles. The third-order valence-electron chi connectivity index (χ3n) is 2.97. The van der Waals surface area contributed by atoms with Crippen molar-refractivity contribution in [3.8, 4) is 6.07 Å². The van der Waals surface area contributed by atoms with Gasteiger partial charge in [-0.2, -0.15) is 5.26 Å². The van der Waals surface area contributed by atoms with Gasteiger partial charge in [-0.25, -0.2) is 0 Å². The number of rotatable bonds is 5. The maximum Gasteiger partial charge on any atom is 0.241 e. The maximum atomic E-state index is 12.6. The van der Waals surface area contributed by atoms with Crippen molar-refractivity contribution >= 4 is 23.4 Å². The molecule has 0 N–H and O–H groups in total. The Hall–Kier alpha value is -2.25. The number of benzene rings is 2. The van der Waals surface area contributed by atoms with Gasteiger partial charge in [-0.05, 0) is 31.2 Å². The topological polar surface area (TPSA) is 44.1 Å². The van der Waals surface area contributed by atoms with Crippen molar-refractivity contribution in [1.82, 2.24) is 0 Å². The summed E-state index contributed by atoms with van der Waals surface area (Å²) in [6.07, 6.45) is 0. The summed E-state index contributed by atoms with van der Waals surface area (Å²) in [5.41, 5.74) is 0.754. The first-order chi connectivity index (χ1) is 10.2. The molecule has 0 fully saturated rings. The first kappa shape index (κ1) is 15.1. The fourth-order valence-electron chi connectivity index (χ4n) is 1.95. The van der Waals surface area contributed by atoms with Crippen molar-refractivity contribution in [2.45, 2.75) is 17.1 Å². The molecule has 0 aliphatic heterocycles. The largest absolute Gasteiger partial charge is 0.298 e. The van der Waals surface area contributed by atoms with E-state index in [2.05, 4.69) is 6.07 Å². The lowest BCUT2D eigenvalue weighted by atomic mass is 10.2. The van der Waals surface area contributed by atoms with E-state index >= 15 is 0 Å². The Bertz CT molecular complexity index is 622. The minimum atomic E-state index is -0.249. The van der Waals surface area contributed by atoms with Crippen molar-refractivity contribution in [2.24, 2.45) is 0 Å². The number of hydrogen-bond acceptors (Lipinski definition) is 3. The number of hydrogen-bond donors (Lipinski definition) is 0. The second-order valence-corrected chi connectivity index (χ2v) is 5.91. The molecule has 21 heavy (non-hydrogen) atoms. The quantitative estimate of drug-likeness (QED) is 0.624. The van der Waals surface area contributed by atoms with E-state index in [0.29, 0.717) is 0 Å². The molecule has 0 heterocycles. The molecule has 0 aromatic heterocycles. The number of para-hydroxylation sites is 1. The molecule has 106 valence electrons. The van der Waals surface area contributed by atoms with Gasteiger partial charge >= 0.3 is 0 Å². The summed E-state index contributed by atoms with van der Waals surface area (Å²) in [5.74, 6) is -0.0587. The Balaban J connectivity index is 2.13. The molecule has 1 amide bonds. The Labute approximate surface area is 129 Å². The summed E-state index contributed by atoms with van der Waals surface area (Å²) >= 11 is 1.50. The smallest absolute Gasteiger partial charge is 0.241 e. The predicted octanol–water partition coefficient (Wildman–Crippen LogP) is 3.72. The van der Waals surface area contributed by atoms with Gasteiger partial charge in [0.25, 0.3) is 0 Å². The molecule has 3 nitrogen and oxygen atoms in total. The third kappa shape index (κ3) is 4.11. The van der Waals surface area contributed by atoms with Gasteiger partial charge in [0.1, 0.15) is 6.54 Å². The van der Waals surface area contributed by atoms with Gasteiger partial charge in [0.15, 0.2) is 0 Å². The van der Waals surface area contributed by atoms with E-state index in [1.54, 1.807) is 0 Å². The fourth-order valence-corrected chi connectivity index (χ4v) is 2.90. The van der Waals surface area contributed by atoms with Crippen molar-refractivity contribution in [3.63, 3.8) is 0 Å². The lowest BCUT2D eigenvalue weighted by Crippen LogP contribution is -2.36. The highest BCUT2D eigenvalue weighted by atomic mass is 32.2. The maximum absolute atomic E-state index is 12.6. The minimum Gasteiger partial charge on any atom is -0.298 e. The second kappa shape index (κ2) is 7.51. The van der Waals surface area contributed by atoms with E-state index in [9.17, 15) is 4.79 Å². The Morgan fingerprint density at radius 1 is 1.14 bits per heavy atom. The number of amides is 1. The molecule has 0 saturated heterocycles. The van der Waals surface area contributed by atoms with E-state index in [-0.39, 0.29) is 17.7 Å². The highest BCUT2D eigenvalue weighted by Gasteiger charge is 2.22. The number of thioether (sulfide) groups is 1. The number of carbonyl (C=O) groups excluding carboxylic acids is 1. The minimum absolute atomic E-state index is 0.0581. The van der Waals surface area contributed by atoms with Crippen molar-refractivity contribution < 1.29 is 4.79 Å². The monoisotopic (exact) mass is 296 g/mol. The molecule has 0 bridgehead atoms. The van der Waals surface area contributed by atoms with Gasteiger partial charge < -0.3 is 0 Å². The van der Waals surface area contributed by atoms with Crippen molar-refractivity contribution in [1.29, 1.82) is 5.26 Å². The summed E-state index contributed by atoms with van der Waals surface area (Å²) in [4.78, 5) is 15.2. The van der Waals surface area contributed by atoms with E-state index in [1.807, 2.05) is 67.6 Å². The van der Waals surface area contributed by atoms with Crippen LogP contribution in [0.3, 0.4) is 0 Å². The first-order valence-electron chi connectivity index (χ1n) is 6.67. The third-order valence-corrected chi connectivity index (χ3v) is 4.07.